The van der Waals surface area contributed by atoms with E-state index in [1.54, 1.807) is 0 Å². The van der Waals surface area contributed by atoms with E-state index in [1.807, 2.05) is 0 Å². The predicted octanol–water partition coefficient (Wildman–Crippen LogP) is 1.10. The van der Waals surface area contributed by atoms with E-state index in [4.69, 9.17) is 5.73 Å². The van der Waals surface area contributed by atoms with Gasteiger partial charge in [0.2, 0.25) is 0 Å². The summed E-state index contributed by atoms with van der Waals surface area (Å²) in [5, 5.41) is 9.90. The maximum Gasteiger partial charge on any atom is 0.0776 e. The summed E-state index contributed by atoms with van der Waals surface area (Å²) in [6.45, 7) is 3.16. The number of hydrogen-bond acceptors (Lipinski definition) is 3. The molecule has 3 nitrogen and oxygen atoms in total. The molecule has 0 aromatic carbocycles. The molecule has 0 amide bonds. The first kappa shape index (κ1) is 11.4. The van der Waals surface area contributed by atoms with Crippen LogP contribution in [0.25, 0.3) is 0 Å². The minimum absolute atomic E-state index is 0.323. The van der Waals surface area contributed by atoms with E-state index < -0.39 is 0 Å². The highest BCUT2D eigenvalue weighted by Crippen LogP contribution is 2.35. The Hall–Kier alpha value is -0.120. The van der Waals surface area contributed by atoms with Crippen LogP contribution in [0.5, 0.6) is 0 Å². The summed E-state index contributed by atoms with van der Waals surface area (Å²) >= 11 is 0. The van der Waals surface area contributed by atoms with Crippen molar-refractivity contribution in [3.05, 3.63) is 0 Å². The lowest BCUT2D eigenvalue weighted by Crippen LogP contribution is -2.35. The van der Waals surface area contributed by atoms with Crippen molar-refractivity contribution in [1.29, 1.82) is 0 Å². The largest absolute Gasteiger partial charge is 0.389 e. The van der Waals surface area contributed by atoms with Gasteiger partial charge in [-0.15, -0.1) is 0 Å². The lowest BCUT2D eigenvalue weighted by atomic mass is 10.1. The standard InChI is InChI=1S/C12H24N2O/c13-11-4-1-2-8-14(9-3-5-11)10-12(15)6-7-12/h11,15H,1-10,13H2. The molecule has 1 atom stereocenters. The third-order valence-corrected chi connectivity index (χ3v) is 3.69. The molecule has 1 saturated heterocycles. The molecular weight excluding hydrogens is 188 g/mol. The Bertz CT molecular complexity index is 204. The van der Waals surface area contributed by atoms with Crippen LogP contribution < -0.4 is 5.73 Å². The van der Waals surface area contributed by atoms with Crippen LogP contribution >= 0.6 is 0 Å². The van der Waals surface area contributed by atoms with Crippen LogP contribution in [0.2, 0.25) is 0 Å². The van der Waals surface area contributed by atoms with Crippen LogP contribution in [0.1, 0.15) is 44.9 Å². The SMILES string of the molecule is NC1CCCCN(CC2(O)CC2)CCC1. The van der Waals surface area contributed by atoms with E-state index >= 15 is 0 Å². The zero-order valence-electron chi connectivity index (χ0n) is 9.62. The van der Waals surface area contributed by atoms with Crippen molar-refractivity contribution in [1.82, 2.24) is 4.90 Å². The molecule has 0 spiro atoms. The summed E-state index contributed by atoms with van der Waals surface area (Å²) in [6.07, 6.45) is 8.01. The average molecular weight is 212 g/mol. The molecule has 3 heteroatoms. The first-order valence-corrected chi connectivity index (χ1v) is 6.38. The second-order valence-corrected chi connectivity index (χ2v) is 5.40. The Morgan fingerprint density at radius 1 is 1.13 bits per heavy atom. The number of nitrogens with two attached hydrogens (primary N) is 1. The average Bonchev–Trinajstić information content (AvgIpc) is 2.87. The highest BCUT2D eigenvalue weighted by atomic mass is 16.3. The summed E-state index contributed by atoms with van der Waals surface area (Å²) in [5.41, 5.74) is 5.67. The Kier molecular flexibility index (Phi) is 3.65. The van der Waals surface area contributed by atoms with Gasteiger partial charge in [-0.3, -0.25) is 0 Å². The molecule has 1 aliphatic heterocycles. The van der Waals surface area contributed by atoms with Gasteiger partial charge < -0.3 is 15.7 Å². The van der Waals surface area contributed by atoms with Crippen LogP contribution in [-0.2, 0) is 0 Å². The van der Waals surface area contributed by atoms with E-state index in [-0.39, 0.29) is 5.60 Å². The van der Waals surface area contributed by atoms with Crippen LogP contribution in [0.15, 0.2) is 0 Å². The van der Waals surface area contributed by atoms with Crippen molar-refractivity contribution in [3.8, 4) is 0 Å². The molecule has 88 valence electrons. The molecule has 0 radical (unpaired) electrons. The van der Waals surface area contributed by atoms with Gasteiger partial charge in [0.1, 0.15) is 0 Å². The maximum absolute atomic E-state index is 9.90. The fourth-order valence-electron chi connectivity index (χ4n) is 2.45. The molecule has 2 rings (SSSR count). The fraction of sp³-hybridized carbons (Fsp3) is 1.00. The quantitative estimate of drug-likeness (QED) is 0.721. The first-order chi connectivity index (χ1) is 7.18. The fourth-order valence-corrected chi connectivity index (χ4v) is 2.45. The third kappa shape index (κ3) is 3.74. The van der Waals surface area contributed by atoms with Gasteiger partial charge in [-0.25, -0.2) is 0 Å². The predicted molar refractivity (Wildman–Crippen MR) is 61.7 cm³/mol. The van der Waals surface area contributed by atoms with Crippen molar-refractivity contribution >= 4 is 0 Å². The molecule has 1 aliphatic carbocycles. The van der Waals surface area contributed by atoms with Gasteiger partial charge in [0.15, 0.2) is 0 Å². The molecule has 1 saturated carbocycles. The smallest absolute Gasteiger partial charge is 0.0776 e. The van der Waals surface area contributed by atoms with E-state index in [0.29, 0.717) is 6.04 Å². The molecule has 1 unspecified atom stereocenters. The normalized spacial score (nSPS) is 32.8. The molecule has 15 heavy (non-hydrogen) atoms. The molecule has 2 fully saturated rings. The van der Waals surface area contributed by atoms with E-state index in [9.17, 15) is 5.11 Å². The third-order valence-electron chi connectivity index (χ3n) is 3.69. The van der Waals surface area contributed by atoms with Crippen molar-refractivity contribution in [2.75, 3.05) is 19.6 Å². The minimum atomic E-state index is -0.323. The summed E-state index contributed by atoms with van der Waals surface area (Å²) < 4.78 is 0. The molecular formula is C12H24N2O. The molecule has 2 aliphatic rings. The number of nitrogens with zero attached hydrogens (tertiary/aromatic N) is 1. The van der Waals surface area contributed by atoms with Crippen molar-refractivity contribution < 1.29 is 5.11 Å². The number of aliphatic hydroxyl groups is 1. The Morgan fingerprint density at radius 2 is 1.80 bits per heavy atom. The maximum atomic E-state index is 9.90. The van der Waals surface area contributed by atoms with Crippen LogP contribution in [0.4, 0.5) is 0 Å². The van der Waals surface area contributed by atoms with Crippen LogP contribution in [0, 0.1) is 0 Å². The van der Waals surface area contributed by atoms with Crippen molar-refractivity contribution in [2.45, 2.75) is 56.6 Å². The molecule has 0 aromatic heterocycles. The highest BCUT2D eigenvalue weighted by Gasteiger charge is 2.41. The molecule has 3 N–H and O–H groups in total. The second-order valence-electron chi connectivity index (χ2n) is 5.40. The summed E-state index contributed by atoms with van der Waals surface area (Å²) in [7, 11) is 0. The Morgan fingerprint density at radius 3 is 2.53 bits per heavy atom. The summed E-state index contributed by atoms with van der Waals surface area (Å²) in [5.74, 6) is 0. The molecule has 1 heterocycles. The minimum Gasteiger partial charge on any atom is -0.389 e. The summed E-state index contributed by atoms with van der Waals surface area (Å²) in [4.78, 5) is 2.44. The van der Waals surface area contributed by atoms with Crippen molar-refractivity contribution in [3.63, 3.8) is 0 Å². The van der Waals surface area contributed by atoms with Gasteiger partial charge in [0.05, 0.1) is 5.60 Å². The number of β-amino-alcohol motifs (C(OH)–C–C–N with tert-alkyl or cyclic N) is 1. The molecule has 0 bridgehead atoms. The lowest BCUT2D eigenvalue weighted by molar-refractivity contribution is 0.0906. The second kappa shape index (κ2) is 4.81. The zero-order chi connectivity index (χ0) is 10.7. The van der Waals surface area contributed by atoms with Crippen LogP contribution in [-0.4, -0.2) is 41.3 Å². The van der Waals surface area contributed by atoms with Gasteiger partial charge in [0, 0.05) is 12.6 Å². The number of hydrogen-bond donors (Lipinski definition) is 2. The Labute approximate surface area is 92.6 Å². The first-order valence-electron chi connectivity index (χ1n) is 6.38. The zero-order valence-corrected chi connectivity index (χ0v) is 9.62. The van der Waals surface area contributed by atoms with Crippen LogP contribution in [0.3, 0.4) is 0 Å². The van der Waals surface area contributed by atoms with Gasteiger partial charge in [-0.05, 0) is 51.6 Å². The van der Waals surface area contributed by atoms with E-state index in [0.717, 1.165) is 38.9 Å². The highest BCUT2D eigenvalue weighted by molar-refractivity contribution is 4.96. The van der Waals surface area contributed by atoms with E-state index in [1.165, 1.54) is 25.7 Å². The lowest BCUT2D eigenvalue weighted by Gasteiger charge is -2.24. The monoisotopic (exact) mass is 212 g/mol. The van der Waals surface area contributed by atoms with E-state index in [2.05, 4.69) is 4.90 Å². The Balaban J connectivity index is 1.77. The van der Waals surface area contributed by atoms with Gasteiger partial charge in [0.25, 0.3) is 0 Å². The summed E-state index contributed by atoms with van der Waals surface area (Å²) in [6, 6.07) is 0.411. The van der Waals surface area contributed by atoms with Crippen molar-refractivity contribution in [2.24, 2.45) is 5.73 Å². The molecule has 0 aromatic rings. The number of rotatable bonds is 2. The van der Waals surface area contributed by atoms with Gasteiger partial charge >= 0.3 is 0 Å². The van der Waals surface area contributed by atoms with Gasteiger partial charge in [-0.1, -0.05) is 6.42 Å². The topological polar surface area (TPSA) is 49.5 Å². The van der Waals surface area contributed by atoms with Gasteiger partial charge in [-0.2, -0.15) is 0 Å².